The fraction of sp³-hybridized carbons (Fsp3) is 0.286. The van der Waals surface area contributed by atoms with E-state index in [1.165, 1.54) is 0 Å². The fourth-order valence-electron chi connectivity index (χ4n) is 1.59. The van der Waals surface area contributed by atoms with E-state index in [1.807, 2.05) is 6.07 Å². The van der Waals surface area contributed by atoms with E-state index in [9.17, 15) is 5.11 Å². The van der Waals surface area contributed by atoms with Crippen molar-refractivity contribution in [2.24, 2.45) is 0 Å². The molecule has 0 bridgehead atoms. The summed E-state index contributed by atoms with van der Waals surface area (Å²) >= 11 is 11.7. The van der Waals surface area contributed by atoms with Crippen molar-refractivity contribution in [1.29, 1.82) is 0 Å². The van der Waals surface area contributed by atoms with Crippen LogP contribution >= 0.6 is 23.2 Å². The number of aliphatic hydroxyl groups excluding tert-OH is 1. The minimum absolute atomic E-state index is 0.177. The average Bonchev–Trinajstić information content (AvgIpc) is 2.93. The van der Waals surface area contributed by atoms with E-state index in [0.29, 0.717) is 28.9 Å². The number of halogens is 2. The van der Waals surface area contributed by atoms with Crippen LogP contribution in [0.3, 0.4) is 0 Å². The van der Waals surface area contributed by atoms with Crippen molar-refractivity contribution in [3.8, 4) is 5.75 Å². The number of rotatable bonds is 7. The summed E-state index contributed by atoms with van der Waals surface area (Å²) < 4.78 is 10.4. The maximum absolute atomic E-state index is 9.79. The molecule has 1 heterocycles. The van der Waals surface area contributed by atoms with Gasteiger partial charge in [-0.15, -0.1) is 0 Å². The first kappa shape index (κ1) is 15.2. The zero-order valence-electron chi connectivity index (χ0n) is 10.7. The Hall–Kier alpha value is -1.20. The summed E-state index contributed by atoms with van der Waals surface area (Å²) in [5, 5.41) is 13.8. The highest BCUT2D eigenvalue weighted by atomic mass is 35.5. The van der Waals surface area contributed by atoms with Gasteiger partial charge < -0.3 is 19.6 Å². The van der Waals surface area contributed by atoms with Gasteiger partial charge in [-0.2, -0.15) is 0 Å². The molecule has 0 saturated heterocycles. The van der Waals surface area contributed by atoms with E-state index >= 15 is 0 Å². The molecule has 108 valence electrons. The first-order valence-corrected chi connectivity index (χ1v) is 6.88. The highest BCUT2D eigenvalue weighted by Crippen LogP contribution is 2.26. The molecule has 0 spiro atoms. The van der Waals surface area contributed by atoms with Crippen molar-refractivity contribution in [3.05, 3.63) is 52.4 Å². The van der Waals surface area contributed by atoms with Crippen molar-refractivity contribution >= 4 is 23.2 Å². The van der Waals surface area contributed by atoms with Crippen LogP contribution in [-0.2, 0) is 6.54 Å². The van der Waals surface area contributed by atoms with Gasteiger partial charge in [-0.25, -0.2) is 0 Å². The summed E-state index contributed by atoms with van der Waals surface area (Å²) in [7, 11) is 0. The summed E-state index contributed by atoms with van der Waals surface area (Å²) in [5.74, 6) is 0.577. The Labute approximate surface area is 127 Å². The lowest BCUT2D eigenvalue weighted by atomic mass is 10.3. The molecule has 1 aromatic carbocycles. The third kappa shape index (κ3) is 4.72. The molecule has 0 amide bonds. The summed E-state index contributed by atoms with van der Waals surface area (Å²) in [6.07, 6.45) is 2.66. The Morgan fingerprint density at radius 2 is 2.10 bits per heavy atom. The molecular weight excluding hydrogens is 301 g/mol. The van der Waals surface area contributed by atoms with Crippen LogP contribution in [0.1, 0.15) is 5.56 Å². The Bertz CT molecular complexity index is 531. The Morgan fingerprint density at radius 1 is 1.25 bits per heavy atom. The van der Waals surface area contributed by atoms with Crippen LogP contribution in [0.25, 0.3) is 0 Å². The van der Waals surface area contributed by atoms with Crippen LogP contribution in [0.4, 0.5) is 0 Å². The molecule has 0 aliphatic rings. The second-order valence-electron chi connectivity index (χ2n) is 4.30. The van der Waals surface area contributed by atoms with Crippen molar-refractivity contribution in [2.45, 2.75) is 12.6 Å². The fourth-order valence-corrected chi connectivity index (χ4v) is 1.88. The second kappa shape index (κ2) is 7.55. The Balaban J connectivity index is 1.69. The molecule has 2 rings (SSSR count). The number of hydrogen-bond acceptors (Lipinski definition) is 4. The Morgan fingerprint density at radius 3 is 2.80 bits per heavy atom. The minimum Gasteiger partial charge on any atom is -0.491 e. The molecule has 0 radical (unpaired) electrons. The van der Waals surface area contributed by atoms with Gasteiger partial charge in [0.2, 0.25) is 0 Å². The SMILES string of the molecule is OC(CNCc1ccoc1)COc1ccc(Cl)c(Cl)c1. The zero-order valence-corrected chi connectivity index (χ0v) is 12.2. The number of furan rings is 1. The molecular formula is C14H15Cl2NO3. The van der Waals surface area contributed by atoms with Crippen molar-refractivity contribution < 1.29 is 14.3 Å². The molecule has 20 heavy (non-hydrogen) atoms. The topological polar surface area (TPSA) is 54.6 Å². The molecule has 0 fully saturated rings. The number of aliphatic hydroxyl groups is 1. The van der Waals surface area contributed by atoms with Gasteiger partial charge in [0.25, 0.3) is 0 Å². The number of hydrogen-bond donors (Lipinski definition) is 2. The molecule has 2 aromatic rings. The van der Waals surface area contributed by atoms with Crippen LogP contribution in [0.15, 0.2) is 41.2 Å². The molecule has 4 nitrogen and oxygen atoms in total. The highest BCUT2D eigenvalue weighted by molar-refractivity contribution is 6.42. The van der Waals surface area contributed by atoms with Gasteiger partial charge in [-0.3, -0.25) is 0 Å². The van der Waals surface area contributed by atoms with Gasteiger partial charge in [-0.1, -0.05) is 23.2 Å². The smallest absolute Gasteiger partial charge is 0.121 e. The van der Waals surface area contributed by atoms with Crippen molar-refractivity contribution in [3.63, 3.8) is 0 Å². The number of nitrogens with one attached hydrogen (secondary N) is 1. The molecule has 0 aliphatic carbocycles. The normalized spacial score (nSPS) is 12.3. The van der Waals surface area contributed by atoms with Gasteiger partial charge >= 0.3 is 0 Å². The lowest BCUT2D eigenvalue weighted by Gasteiger charge is -2.13. The van der Waals surface area contributed by atoms with Crippen LogP contribution in [0, 0.1) is 0 Å². The second-order valence-corrected chi connectivity index (χ2v) is 5.12. The number of ether oxygens (including phenoxy) is 1. The van der Waals surface area contributed by atoms with Crippen molar-refractivity contribution in [2.75, 3.05) is 13.2 Å². The predicted molar refractivity (Wildman–Crippen MR) is 78.4 cm³/mol. The molecule has 1 atom stereocenters. The maximum Gasteiger partial charge on any atom is 0.121 e. The average molecular weight is 316 g/mol. The quantitative estimate of drug-likeness (QED) is 0.824. The lowest BCUT2D eigenvalue weighted by molar-refractivity contribution is 0.106. The van der Waals surface area contributed by atoms with Gasteiger partial charge in [0.15, 0.2) is 0 Å². The summed E-state index contributed by atoms with van der Waals surface area (Å²) in [4.78, 5) is 0. The number of benzene rings is 1. The predicted octanol–water partition coefficient (Wildman–Crippen LogP) is 3.12. The van der Waals surface area contributed by atoms with Crippen LogP contribution in [0.5, 0.6) is 5.75 Å². The zero-order chi connectivity index (χ0) is 14.4. The summed E-state index contributed by atoms with van der Waals surface area (Å²) in [5.41, 5.74) is 1.03. The van der Waals surface area contributed by atoms with Gasteiger partial charge in [-0.05, 0) is 18.2 Å². The first-order chi connectivity index (χ1) is 9.65. The molecule has 2 N–H and O–H groups in total. The molecule has 1 aromatic heterocycles. The standard InChI is InChI=1S/C14H15Cl2NO3/c15-13-2-1-12(5-14(13)16)20-9-11(18)7-17-6-10-3-4-19-8-10/h1-5,8,11,17-18H,6-7,9H2. The Kier molecular flexibility index (Phi) is 5.73. The minimum atomic E-state index is -0.614. The van der Waals surface area contributed by atoms with E-state index in [4.69, 9.17) is 32.4 Å². The first-order valence-electron chi connectivity index (χ1n) is 6.13. The van der Waals surface area contributed by atoms with Gasteiger partial charge in [0.1, 0.15) is 18.5 Å². The molecule has 1 unspecified atom stereocenters. The van der Waals surface area contributed by atoms with Crippen LogP contribution in [0.2, 0.25) is 10.0 Å². The van der Waals surface area contributed by atoms with Gasteiger partial charge in [0.05, 0.1) is 22.6 Å². The van der Waals surface area contributed by atoms with Crippen LogP contribution in [-0.4, -0.2) is 24.4 Å². The summed E-state index contributed by atoms with van der Waals surface area (Å²) in [6, 6.07) is 6.85. The van der Waals surface area contributed by atoms with Crippen molar-refractivity contribution in [1.82, 2.24) is 5.32 Å². The summed E-state index contributed by atoms with van der Waals surface area (Å²) in [6.45, 7) is 1.24. The lowest BCUT2D eigenvalue weighted by Crippen LogP contribution is -2.31. The van der Waals surface area contributed by atoms with E-state index in [2.05, 4.69) is 5.32 Å². The third-order valence-corrected chi connectivity index (χ3v) is 3.36. The third-order valence-electron chi connectivity index (χ3n) is 2.62. The molecule has 0 aliphatic heterocycles. The maximum atomic E-state index is 9.79. The largest absolute Gasteiger partial charge is 0.491 e. The highest BCUT2D eigenvalue weighted by Gasteiger charge is 2.06. The van der Waals surface area contributed by atoms with E-state index in [1.54, 1.807) is 30.7 Å². The van der Waals surface area contributed by atoms with Gasteiger partial charge in [0, 0.05) is 24.7 Å². The van der Waals surface area contributed by atoms with E-state index < -0.39 is 6.10 Å². The van der Waals surface area contributed by atoms with E-state index in [-0.39, 0.29) is 6.61 Å². The van der Waals surface area contributed by atoms with Crippen LogP contribution < -0.4 is 10.1 Å². The monoisotopic (exact) mass is 315 g/mol. The molecule has 6 heteroatoms. The van der Waals surface area contributed by atoms with E-state index in [0.717, 1.165) is 5.56 Å². The molecule has 0 saturated carbocycles.